The number of likely N-dealkylation sites (tertiary alicyclic amines) is 1. The first-order chi connectivity index (χ1) is 13.6. The number of halogens is 1. The highest BCUT2D eigenvalue weighted by Crippen LogP contribution is 2.26. The molecule has 0 radical (unpaired) electrons. The number of Topliss-reactive ketones (excluding diaryl/α,β-unsaturated/α-hetero) is 1. The molecule has 2 aromatic heterocycles. The second-order valence-corrected chi connectivity index (χ2v) is 6.57. The number of ketones is 1. The van der Waals surface area contributed by atoms with Crippen LogP contribution >= 0.6 is 0 Å². The molecule has 8 heteroatoms. The molecule has 4 rings (SSSR count). The average molecular weight is 379 g/mol. The van der Waals surface area contributed by atoms with Crippen molar-refractivity contribution >= 4 is 17.5 Å². The van der Waals surface area contributed by atoms with Crippen LogP contribution in [0.4, 0.5) is 10.2 Å². The Morgan fingerprint density at radius 2 is 2.04 bits per heavy atom. The van der Waals surface area contributed by atoms with Crippen molar-refractivity contribution in [1.29, 1.82) is 0 Å². The number of pyridine rings is 1. The van der Waals surface area contributed by atoms with E-state index in [1.54, 1.807) is 30.5 Å². The summed E-state index contributed by atoms with van der Waals surface area (Å²) in [5, 5.41) is 4.14. The number of nitrogen functional groups attached to an aromatic ring is 1. The summed E-state index contributed by atoms with van der Waals surface area (Å²) in [6, 6.07) is 10.2. The van der Waals surface area contributed by atoms with Gasteiger partial charge >= 0.3 is 0 Å². The molecule has 1 aromatic carbocycles. The standard InChI is InChI=1S/C20H18FN5O2/c21-13-5-3-6-14(11-13)26-19(22)15(12-24-26)18(27)17-8-4-10-25(17)20(28)16-7-1-2-9-23-16/h1-3,5-7,9,11-12,17H,4,8,10,22H2/t17-/m0/s1. The second-order valence-electron chi connectivity index (χ2n) is 6.57. The Kier molecular flexibility index (Phi) is 4.60. The van der Waals surface area contributed by atoms with Crippen molar-refractivity contribution in [1.82, 2.24) is 19.7 Å². The SMILES string of the molecule is Nc1c(C(=O)[C@@H]2CCCN2C(=O)c2ccccn2)cnn1-c1cccc(F)c1. The molecule has 1 amide bonds. The third-order valence-corrected chi connectivity index (χ3v) is 4.82. The van der Waals surface area contributed by atoms with E-state index in [2.05, 4.69) is 10.1 Å². The van der Waals surface area contributed by atoms with Crippen LogP contribution < -0.4 is 5.73 Å². The van der Waals surface area contributed by atoms with Gasteiger partial charge in [0, 0.05) is 12.7 Å². The van der Waals surface area contributed by atoms with Crippen molar-refractivity contribution in [2.75, 3.05) is 12.3 Å². The fourth-order valence-corrected chi connectivity index (χ4v) is 3.46. The lowest BCUT2D eigenvalue weighted by molar-refractivity contribution is 0.0667. The summed E-state index contributed by atoms with van der Waals surface area (Å²) >= 11 is 0. The van der Waals surface area contributed by atoms with Gasteiger partial charge in [0.15, 0.2) is 5.78 Å². The minimum Gasteiger partial charge on any atom is -0.383 e. The van der Waals surface area contributed by atoms with Crippen molar-refractivity contribution in [3.05, 3.63) is 71.9 Å². The fraction of sp³-hybridized carbons (Fsp3) is 0.200. The van der Waals surface area contributed by atoms with Gasteiger partial charge in [-0.2, -0.15) is 5.10 Å². The van der Waals surface area contributed by atoms with Gasteiger partial charge in [0.2, 0.25) is 0 Å². The molecule has 3 aromatic rings. The van der Waals surface area contributed by atoms with E-state index in [-0.39, 0.29) is 23.1 Å². The molecule has 7 nitrogen and oxygen atoms in total. The molecule has 0 saturated carbocycles. The van der Waals surface area contributed by atoms with Gasteiger partial charge in [0.25, 0.3) is 5.91 Å². The van der Waals surface area contributed by atoms with E-state index < -0.39 is 11.9 Å². The second kappa shape index (κ2) is 7.22. The van der Waals surface area contributed by atoms with Gasteiger partial charge < -0.3 is 10.6 Å². The molecule has 28 heavy (non-hydrogen) atoms. The zero-order chi connectivity index (χ0) is 19.7. The first kappa shape index (κ1) is 17.8. The lowest BCUT2D eigenvalue weighted by atomic mass is 10.0. The normalized spacial score (nSPS) is 16.3. The van der Waals surface area contributed by atoms with Crippen molar-refractivity contribution in [2.24, 2.45) is 0 Å². The van der Waals surface area contributed by atoms with Gasteiger partial charge in [-0.3, -0.25) is 14.6 Å². The lowest BCUT2D eigenvalue weighted by Crippen LogP contribution is -2.41. The molecule has 1 fully saturated rings. The van der Waals surface area contributed by atoms with E-state index in [0.717, 1.165) is 0 Å². The molecule has 142 valence electrons. The number of amides is 1. The van der Waals surface area contributed by atoms with Crippen LogP contribution in [0.2, 0.25) is 0 Å². The van der Waals surface area contributed by atoms with Crippen LogP contribution in [0.3, 0.4) is 0 Å². The molecule has 0 unspecified atom stereocenters. The molecule has 2 N–H and O–H groups in total. The predicted molar refractivity (Wildman–Crippen MR) is 101 cm³/mol. The summed E-state index contributed by atoms with van der Waals surface area (Å²) in [7, 11) is 0. The van der Waals surface area contributed by atoms with Crippen molar-refractivity contribution in [2.45, 2.75) is 18.9 Å². The Hall–Kier alpha value is -3.55. The Bertz CT molecular complexity index is 1030. The van der Waals surface area contributed by atoms with Crippen LogP contribution in [-0.2, 0) is 0 Å². The summed E-state index contributed by atoms with van der Waals surface area (Å²) in [6.07, 6.45) is 4.17. The largest absolute Gasteiger partial charge is 0.383 e. The van der Waals surface area contributed by atoms with Gasteiger partial charge in [-0.1, -0.05) is 12.1 Å². The Morgan fingerprint density at radius 1 is 1.18 bits per heavy atom. The fourth-order valence-electron chi connectivity index (χ4n) is 3.46. The maximum atomic E-state index is 13.5. The van der Waals surface area contributed by atoms with Crippen LogP contribution in [0.1, 0.15) is 33.7 Å². The zero-order valence-electron chi connectivity index (χ0n) is 15.0. The van der Waals surface area contributed by atoms with E-state index in [1.165, 1.54) is 34.0 Å². The van der Waals surface area contributed by atoms with Gasteiger partial charge in [0.05, 0.1) is 23.5 Å². The summed E-state index contributed by atoms with van der Waals surface area (Å²) in [5.74, 6) is -0.870. The van der Waals surface area contributed by atoms with E-state index >= 15 is 0 Å². The number of carbonyl (C=O) groups is 2. The lowest BCUT2D eigenvalue weighted by Gasteiger charge is -2.23. The van der Waals surface area contributed by atoms with Crippen LogP contribution in [0.25, 0.3) is 5.69 Å². The molecule has 1 saturated heterocycles. The highest BCUT2D eigenvalue weighted by molar-refractivity contribution is 6.06. The number of rotatable bonds is 4. The van der Waals surface area contributed by atoms with Gasteiger partial charge in [-0.15, -0.1) is 0 Å². The number of benzene rings is 1. The molecule has 0 aliphatic carbocycles. The molecule has 0 bridgehead atoms. The number of aromatic nitrogens is 3. The first-order valence-electron chi connectivity index (χ1n) is 8.92. The maximum Gasteiger partial charge on any atom is 0.273 e. The Balaban J connectivity index is 1.62. The predicted octanol–water partition coefficient (Wildman–Crippen LogP) is 2.48. The highest BCUT2D eigenvalue weighted by Gasteiger charge is 2.36. The van der Waals surface area contributed by atoms with Crippen molar-refractivity contribution in [3.8, 4) is 5.69 Å². The topological polar surface area (TPSA) is 94.1 Å². The molecule has 1 aliphatic rings. The van der Waals surface area contributed by atoms with Crippen LogP contribution in [0.5, 0.6) is 0 Å². The third-order valence-electron chi connectivity index (χ3n) is 4.82. The monoisotopic (exact) mass is 379 g/mol. The zero-order valence-corrected chi connectivity index (χ0v) is 15.0. The van der Waals surface area contributed by atoms with Crippen molar-refractivity contribution < 1.29 is 14.0 Å². The third kappa shape index (κ3) is 3.13. The maximum absolute atomic E-state index is 13.5. The van der Waals surface area contributed by atoms with Gasteiger partial charge in [-0.25, -0.2) is 9.07 Å². The Labute approximate surface area is 160 Å². The summed E-state index contributed by atoms with van der Waals surface area (Å²) < 4.78 is 14.8. The number of nitrogens with zero attached hydrogens (tertiary/aromatic N) is 4. The number of hydrogen-bond donors (Lipinski definition) is 1. The summed E-state index contributed by atoms with van der Waals surface area (Å²) in [4.78, 5) is 31.5. The first-order valence-corrected chi connectivity index (χ1v) is 8.92. The van der Waals surface area contributed by atoms with Crippen LogP contribution in [-0.4, -0.2) is 43.9 Å². The summed E-state index contributed by atoms with van der Waals surface area (Å²) in [6.45, 7) is 0.476. The van der Waals surface area contributed by atoms with Crippen LogP contribution in [0.15, 0.2) is 54.9 Å². The average Bonchev–Trinajstić information content (AvgIpc) is 3.34. The van der Waals surface area contributed by atoms with Gasteiger partial charge in [0.1, 0.15) is 17.3 Å². The number of hydrogen-bond acceptors (Lipinski definition) is 5. The Morgan fingerprint density at radius 3 is 2.79 bits per heavy atom. The molecule has 0 spiro atoms. The molecule has 3 heterocycles. The van der Waals surface area contributed by atoms with Crippen LogP contribution in [0, 0.1) is 5.82 Å². The smallest absolute Gasteiger partial charge is 0.273 e. The highest BCUT2D eigenvalue weighted by atomic mass is 19.1. The molecule has 1 aliphatic heterocycles. The molecular weight excluding hydrogens is 361 g/mol. The number of anilines is 1. The van der Waals surface area contributed by atoms with E-state index in [1.807, 2.05) is 0 Å². The van der Waals surface area contributed by atoms with Crippen molar-refractivity contribution in [3.63, 3.8) is 0 Å². The van der Waals surface area contributed by atoms with E-state index in [9.17, 15) is 14.0 Å². The van der Waals surface area contributed by atoms with Gasteiger partial charge in [-0.05, 0) is 43.2 Å². The molecule has 1 atom stereocenters. The quantitative estimate of drug-likeness (QED) is 0.703. The number of nitrogens with two attached hydrogens (primary N) is 1. The minimum absolute atomic E-state index is 0.118. The summed E-state index contributed by atoms with van der Waals surface area (Å²) in [5.41, 5.74) is 7.06. The number of carbonyl (C=O) groups excluding carboxylic acids is 2. The molecular formula is C20H18FN5O2. The van der Waals surface area contributed by atoms with E-state index in [4.69, 9.17) is 5.73 Å². The van der Waals surface area contributed by atoms with E-state index in [0.29, 0.717) is 30.8 Å². The minimum atomic E-state index is -0.623.